The Labute approximate surface area is 359 Å². The number of aliphatic carboxylic acids is 1. The van der Waals surface area contributed by atoms with Crippen LogP contribution in [0.2, 0.25) is 0 Å². The highest BCUT2D eigenvalue weighted by Gasteiger charge is 2.41. The van der Waals surface area contributed by atoms with Crippen LogP contribution in [-0.2, 0) is 52.1 Å². The largest absolute Gasteiger partial charge is 0.481 e. The van der Waals surface area contributed by atoms with E-state index in [1.807, 2.05) is 13.8 Å². The fourth-order valence-corrected chi connectivity index (χ4v) is 6.11. The van der Waals surface area contributed by atoms with Crippen LogP contribution in [0.5, 0.6) is 0 Å². The molecule has 24 heteroatoms. The van der Waals surface area contributed by atoms with Gasteiger partial charge in [-0.2, -0.15) is 0 Å². The molecule has 5 amide bonds. The lowest BCUT2D eigenvalue weighted by Gasteiger charge is -2.35. The highest BCUT2D eigenvalue weighted by Crippen LogP contribution is 2.36. The minimum Gasteiger partial charge on any atom is -0.481 e. The van der Waals surface area contributed by atoms with Crippen molar-refractivity contribution in [1.82, 2.24) is 26.2 Å². The van der Waals surface area contributed by atoms with E-state index < -0.39 is 135 Å². The first-order chi connectivity index (χ1) is 28.7. The summed E-state index contributed by atoms with van der Waals surface area (Å²) in [7, 11) is -4.21. The molecule has 11 atom stereocenters. The fourth-order valence-electron chi connectivity index (χ4n) is 5.77. The predicted molar refractivity (Wildman–Crippen MR) is 220 cm³/mol. The number of carboxylic acids is 1. The molecule has 0 spiro atoms. The van der Waals surface area contributed by atoms with Crippen LogP contribution in [0.1, 0.15) is 61.3 Å². The molecule has 0 fully saturated rings. The van der Waals surface area contributed by atoms with Gasteiger partial charge in [0.1, 0.15) is 42.5 Å². The van der Waals surface area contributed by atoms with Crippen LogP contribution < -0.4 is 27.0 Å². The van der Waals surface area contributed by atoms with Crippen molar-refractivity contribution in [2.24, 2.45) is 29.4 Å². The zero-order valence-electron chi connectivity index (χ0n) is 35.9. The van der Waals surface area contributed by atoms with Gasteiger partial charge in [0.15, 0.2) is 0 Å². The van der Waals surface area contributed by atoms with Gasteiger partial charge >= 0.3 is 19.8 Å². The Kier molecular flexibility index (Phi) is 22.7. The van der Waals surface area contributed by atoms with Crippen LogP contribution in [0.3, 0.4) is 0 Å². The number of carbonyl (C=O) groups is 7. The summed E-state index contributed by atoms with van der Waals surface area (Å²) in [6, 6.07) is -8.47. The maximum atomic E-state index is 14.1. The number of aliphatic hydroxyl groups excluding tert-OH is 2. The number of nitrogens with zero attached hydrogens (tertiary/aromatic N) is 1. The lowest BCUT2D eigenvalue weighted by atomic mass is 9.93. The highest BCUT2D eigenvalue weighted by atomic mass is 31.2. The molecule has 1 rings (SSSR count). The Balaban J connectivity index is 3.96. The van der Waals surface area contributed by atoms with E-state index in [4.69, 9.17) is 20.6 Å². The van der Waals surface area contributed by atoms with Crippen LogP contribution in [0.15, 0.2) is 36.5 Å². The predicted octanol–water partition coefficient (Wildman–Crippen LogP) is -1.44. The SMILES string of the molecule is CCC(C)/C=C/C1OC(=O)[C@H](C(C)C)N(C)C(=O)C(COP(=O)(O)O)NC(=O)[C@H]([C@@H](C)C(=O)O)NC(=O)[C@@H]([C@@H](C)OC(=N)N)NC(=O)[C@H](O)CNC(=O)/C=C/C=C/CC(O)C1C. The molecule has 0 aromatic rings. The average molecular weight is 904 g/mol. The Morgan fingerprint density at radius 1 is 1.02 bits per heavy atom. The molecule has 1 heterocycles. The third-order valence-electron chi connectivity index (χ3n) is 9.79. The molecule has 5 unspecified atom stereocenters. The van der Waals surface area contributed by atoms with Crippen LogP contribution in [-0.4, -0.2) is 146 Å². The van der Waals surface area contributed by atoms with Crippen LogP contribution >= 0.6 is 7.82 Å². The number of phosphoric acid groups is 1. The number of hydrogen-bond acceptors (Lipinski definition) is 14. The number of carboxylic acid groups (broad SMARTS) is 1. The topological polar surface area (TPSA) is 367 Å². The Bertz CT molecular complexity index is 1740. The van der Waals surface area contributed by atoms with E-state index >= 15 is 0 Å². The number of β-amino-alcohol motifs (C(OH)–C–C–N with tert-alkyl or cyclic N) is 1. The van der Waals surface area contributed by atoms with Crippen molar-refractivity contribution < 1.29 is 77.2 Å². The average Bonchev–Trinajstić information content (AvgIpc) is 3.18. The second-order valence-electron chi connectivity index (χ2n) is 15.2. The molecule has 0 aromatic carbocycles. The number of nitrogens with two attached hydrogens (primary N) is 1. The quantitative estimate of drug-likeness (QED) is 0.0372. The van der Waals surface area contributed by atoms with Crippen molar-refractivity contribution in [1.29, 1.82) is 5.41 Å². The van der Waals surface area contributed by atoms with Crippen molar-refractivity contribution in [3.05, 3.63) is 36.5 Å². The molecule has 0 aliphatic carbocycles. The van der Waals surface area contributed by atoms with E-state index in [1.54, 1.807) is 32.9 Å². The maximum Gasteiger partial charge on any atom is 0.469 e. The standard InChI is InChI=1S/C38H62N7O16P/c1-9-20(4)15-16-27-21(5)25(46)13-11-10-12-14-28(48)41-17-26(47)32(49)44-30(23(7)60-38(39)40)34(51)43-29(22(6)36(53)54)33(50)42-24(18-59-62(56,57)58)35(52)45(8)31(19(2)3)37(55)61-27/h10-12,14-16,19-27,29-31,46-47H,9,13,17-18H2,1-8H3,(H3,39,40)(H,41,48)(H,42,50)(H,43,51)(H,44,49)(H,53,54)(H2,56,57,58)/b11-10+,14-12+,16-15+/t20?,21?,22-,23-,24?,25?,26-,27?,29+,30-,31+/m1/s1. The van der Waals surface area contributed by atoms with Crippen LogP contribution in [0.25, 0.3) is 0 Å². The van der Waals surface area contributed by atoms with Gasteiger partial charge in [0.05, 0.1) is 25.2 Å². The Morgan fingerprint density at radius 3 is 2.16 bits per heavy atom. The summed E-state index contributed by atoms with van der Waals surface area (Å²) in [5.74, 6) is -11.8. The number of aliphatic hydroxyl groups is 2. The van der Waals surface area contributed by atoms with Gasteiger partial charge in [-0.1, -0.05) is 65.3 Å². The number of likely N-dealkylation sites (N-methyl/N-ethyl adjacent to an activating group) is 1. The molecule has 0 bridgehead atoms. The number of carbonyl (C=O) groups excluding carboxylic acids is 6. The number of amides is 5. The van der Waals surface area contributed by atoms with Gasteiger partial charge in [0, 0.05) is 19.0 Å². The van der Waals surface area contributed by atoms with Gasteiger partial charge in [-0.15, -0.1) is 0 Å². The minimum absolute atomic E-state index is 0.0200. The summed E-state index contributed by atoms with van der Waals surface area (Å²) in [5.41, 5.74) is 5.31. The lowest BCUT2D eigenvalue weighted by Crippen LogP contribution is -2.63. The number of esters is 1. The van der Waals surface area contributed by atoms with E-state index in [0.717, 1.165) is 38.3 Å². The molecular formula is C38H62N7O16P. The molecule has 0 aromatic heterocycles. The first kappa shape index (κ1) is 54.8. The Hall–Kier alpha value is -5.19. The number of allylic oxidation sites excluding steroid dienone is 3. The summed E-state index contributed by atoms with van der Waals surface area (Å²) in [4.78, 5) is 113. The van der Waals surface area contributed by atoms with Gasteiger partial charge in [0.2, 0.25) is 23.6 Å². The maximum absolute atomic E-state index is 14.1. The Morgan fingerprint density at radius 2 is 1.61 bits per heavy atom. The number of nitrogens with one attached hydrogen (secondary N) is 5. The van der Waals surface area contributed by atoms with E-state index in [9.17, 15) is 63.2 Å². The molecule has 0 saturated carbocycles. The van der Waals surface area contributed by atoms with Crippen LogP contribution in [0.4, 0.5) is 0 Å². The lowest BCUT2D eigenvalue weighted by molar-refractivity contribution is -0.163. The number of amidine groups is 1. The van der Waals surface area contributed by atoms with E-state index in [2.05, 4.69) is 25.8 Å². The summed E-state index contributed by atoms with van der Waals surface area (Å²) in [6.45, 7) is 8.79. The molecule has 0 radical (unpaired) electrons. The van der Waals surface area contributed by atoms with Crippen molar-refractivity contribution in [2.45, 2.75) is 110 Å². The molecule has 12 N–H and O–H groups in total. The summed E-state index contributed by atoms with van der Waals surface area (Å²) < 4.78 is 27.3. The van der Waals surface area contributed by atoms with Crippen molar-refractivity contribution in [2.75, 3.05) is 20.2 Å². The van der Waals surface area contributed by atoms with Gasteiger partial charge in [0.25, 0.3) is 11.9 Å². The second-order valence-corrected chi connectivity index (χ2v) is 16.4. The summed E-state index contributed by atoms with van der Waals surface area (Å²) in [6.07, 6.45) is 3.77. The monoisotopic (exact) mass is 903 g/mol. The number of hydrogen-bond donors (Lipinski definition) is 11. The zero-order valence-corrected chi connectivity index (χ0v) is 36.8. The molecular weight excluding hydrogens is 841 g/mol. The molecule has 1 aliphatic heterocycles. The smallest absolute Gasteiger partial charge is 0.469 e. The second kappa shape index (κ2) is 25.7. The van der Waals surface area contributed by atoms with E-state index in [-0.39, 0.29) is 12.3 Å². The van der Waals surface area contributed by atoms with E-state index in [0.29, 0.717) is 0 Å². The first-order valence-electron chi connectivity index (χ1n) is 19.7. The molecule has 0 saturated heterocycles. The van der Waals surface area contributed by atoms with Crippen molar-refractivity contribution >= 4 is 55.3 Å². The number of cyclic esters (lactones) is 1. The number of ether oxygens (including phenoxy) is 2. The van der Waals surface area contributed by atoms with Crippen molar-refractivity contribution in [3.63, 3.8) is 0 Å². The molecule has 62 heavy (non-hydrogen) atoms. The fraction of sp³-hybridized carbons (Fsp3) is 0.632. The van der Waals surface area contributed by atoms with Gasteiger partial charge < -0.3 is 66.5 Å². The zero-order chi connectivity index (χ0) is 47.6. The first-order valence-corrected chi connectivity index (χ1v) is 21.2. The van der Waals surface area contributed by atoms with Gasteiger partial charge in [-0.05, 0) is 38.2 Å². The van der Waals surface area contributed by atoms with Gasteiger partial charge in [-0.3, -0.25) is 38.7 Å². The summed E-state index contributed by atoms with van der Waals surface area (Å²) in [5, 5.41) is 47.7. The summed E-state index contributed by atoms with van der Waals surface area (Å²) >= 11 is 0. The van der Waals surface area contributed by atoms with Gasteiger partial charge in [-0.25, -0.2) is 9.36 Å². The van der Waals surface area contributed by atoms with E-state index in [1.165, 1.54) is 18.2 Å². The molecule has 23 nitrogen and oxygen atoms in total. The number of phosphoric ester groups is 1. The highest BCUT2D eigenvalue weighted by molar-refractivity contribution is 7.46. The van der Waals surface area contributed by atoms with Crippen molar-refractivity contribution in [3.8, 4) is 0 Å². The third kappa shape index (κ3) is 18.4. The minimum atomic E-state index is -5.35. The number of rotatable bonds is 11. The normalized spacial score (nSPS) is 28.7. The molecule has 1 aliphatic rings. The molecule has 350 valence electrons. The third-order valence-corrected chi connectivity index (χ3v) is 10.3. The van der Waals surface area contributed by atoms with Crippen LogP contribution in [0, 0.1) is 29.1 Å².